The van der Waals surface area contributed by atoms with Crippen molar-refractivity contribution in [1.29, 1.82) is 0 Å². The minimum absolute atomic E-state index is 1.30. The molecule has 0 rings (SSSR count). The SMILES string of the molecule is C/C=C/C(C)=C\C(C)=C\C. The standard InChI is InChI=1S/C10H16/c1-5-7-10(4)8-9(3)6-2/h5-8H,1-4H3/b7-5+,9-6+,10-8-. The second-order valence-electron chi connectivity index (χ2n) is 2.42. The van der Waals surface area contributed by atoms with Crippen LogP contribution in [0.2, 0.25) is 0 Å². The first-order valence-corrected chi connectivity index (χ1v) is 3.64. The number of allylic oxidation sites excluding steroid dienone is 6. The van der Waals surface area contributed by atoms with E-state index in [9.17, 15) is 0 Å². The Morgan fingerprint density at radius 1 is 1.00 bits per heavy atom. The first-order valence-electron chi connectivity index (χ1n) is 3.64. The zero-order valence-electron chi connectivity index (χ0n) is 7.31. The van der Waals surface area contributed by atoms with Gasteiger partial charge in [-0.05, 0) is 27.7 Å². The van der Waals surface area contributed by atoms with Crippen molar-refractivity contribution in [3.8, 4) is 0 Å². The molecule has 10 heavy (non-hydrogen) atoms. The molecule has 0 aliphatic rings. The molecule has 0 atom stereocenters. The molecule has 0 nitrogen and oxygen atoms in total. The average Bonchev–Trinajstić information content (AvgIpc) is 1.88. The second-order valence-corrected chi connectivity index (χ2v) is 2.42. The van der Waals surface area contributed by atoms with Gasteiger partial charge in [-0.2, -0.15) is 0 Å². The third kappa shape index (κ3) is 4.13. The van der Waals surface area contributed by atoms with Crippen molar-refractivity contribution < 1.29 is 0 Å². The monoisotopic (exact) mass is 136 g/mol. The summed E-state index contributed by atoms with van der Waals surface area (Å²) in [4.78, 5) is 0. The normalized spacial score (nSPS) is 14.8. The van der Waals surface area contributed by atoms with Crippen LogP contribution in [0.4, 0.5) is 0 Å². The lowest BCUT2D eigenvalue weighted by Gasteiger charge is -1.91. The van der Waals surface area contributed by atoms with Gasteiger partial charge in [-0.3, -0.25) is 0 Å². The highest BCUT2D eigenvalue weighted by Crippen LogP contribution is 2.01. The highest BCUT2D eigenvalue weighted by molar-refractivity contribution is 5.26. The Bertz CT molecular complexity index is 168. The molecule has 0 aromatic carbocycles. The Morgan fingerprint density at radius 3 is 2.00 bits per heavy atom. The maximum absolute atomic E-state index is 2.17. The zero-order chi connectivity index (χ0) is 7.98. The van der Waals surface area contributed by atoms with E-state index in [1.165, 1.54) is 11.1 Å². The first-order chi connectivity index (χ1) is 4.70. The van der Waals surface area contributed by atoms with Crippen molar-refractivity contribution >= 4 is 0 Å². The fraction of sp³-hybridized carbons (Fsp3) is 0.400. The topological polar surface area (TPSA) is 0 Å². The summed E-state index contributed by atoms with van der Waals surface area (Å²) in [6.07, 6.45) is 8.43. The van der Waals surface area contributed by atoms with Gasteiger partial charge in [0.05, 0.1) is 0 Å². The van der Waals surface area contributed by atoms with E-state index in [0.29, 0.717) is 0 Å². The van der Waals surface area contributed by atoms with E-state index in [-0.39, 0.29) is 0 Å². The molecule has 0 saturated carbocycles. The van der Waals surface area contributed by atoms with Crippen LogP contribution in [0.25, 0.3) is 0 Å². The summed E-state index contributed by atoms with van der Waals surface area (Å²) in [6.45, 7) is 8.29. The van der Waals surface area contributed by atoms with E-state index in [1.54, 1.807) is 0 Å². The third-order valence-corrected chi connectivity index (χ3v) is 1.34. The molecule has 0 aromatic heterocycles. The molecule has 0 heteroatoms. The lowest BCUT2D eigenvalue weighted by molar-refractivity contribution is 1.41. The van der Waals surface area contributed by atoms with E-state index >= 15 is 0 Å². The molecule has 0 N–H and O–H groups in total. The Morgan fingerprint density at radius 2 is 1.60 bits per heavy atom. The van der Waals surface area contributed by atoms with Gasteiger partial charge in [-0.25, -0.2) is 0 Å². The fourth-order valence-corrected chi connectivity index (χ4v) is 0.753. The smallest absolute Gasteiger partial charge is 0.0398 e. The largest absolute Gasteiger partial charge is 0.0874 e. The van der Waals surface area contributed by atoms with Crippen LogP contribution in [0, 0.1) is 0 Å². The van der Waals surface area contributed by atoms with Crippen LogP contribution in [-0.4, -0.2) is 0 Å². The van der Waals surface area contributed by atoms with Crippen LogP contribution in [0.3, 0.4) is 0 Å². The molecule has 0 radical (unpaired) electrons. The summed E-state index contributed by atoms with van der Waals surface area (Å²) in [5, 5.41) is 0. The van der Waals surface area contributed by atoms with Gasteiger partial charge in [-0.15, -0.1) is 0 Å². The van der Waals surface area contributed by atoms with Gasteiger partial charge >= 0.3 is 0 Å². The molecular weight excluding hydrogens is 120 g/mol. The molecular formula is C10H16. The molecule has 0 bridgehead atoms. The van der Waals surface area contributed by atoms with Crippen LogP contribution in [-0.2, 0) is 0 Å². The van der Waals surface area contributed by atoms with Crippen molar-refractivity contribution in [2.45, 2.75) is 27.7 Å². The zero-order valence-corrected chi connectivity index (χ0v) is 7.31. The Balaban J connectivity index is 4.16. The Hall–Kier alpha value is -0.780. The highest BCUT2D eigenvalue weighted by Gasteiger charge is 1.80. The predicted octanol–water partition coefficient (Wildman–Crippen LogP) is 3.48. The predicted molar refractivity (Wildman–Crippen MR) is 48.0 cm³/mol. The Labute approximate surface area is 64.0 Å². The van der Waals surface area contributed by atoms with E-state index in [1.807, 2.05) is 6.92 Å². The minimum Gasteiger partial charge on any atom is -0.0874 e. The molecule has 0 fully saturated rings. The fourth-order valence-electron chi connectivity index (χ4n) is 0.753. The summed E-state index contributed by atoms with van der Waals surface area (Å²) < 4.78 is 0. The van der Waals surface area contributed by atoms with Gasteiger partial charge in [0.25, 0.3) is 0 Å². The van der Waals surface area contributed by atoms with Crippen LogP contribution in [0.15, 0.2) is 35.5 Å². The molecule has 0 aliphatic heterocycles. The van der Waals surface area contributed by atoms with Gasteiger partial charge in [-0.1, -0.05) is 35.5 Å². The van der Waals surface area contributed by atoms with Crippen molar-refractivity contribution in [1.82, 2.24) is 0 Å². The van der Waals surface area contributed by atoms with Gasteiger partial charge in [0.2, 0.25) is 0 Å². The van der Waals surface area contributed by atoms with Crippen LogP contribution >= 0.6 is 0 Å². The van der Waals surface area contributed by atoms with Crippen LogP contribution in [0.1, 0.15) is 27.7 Å². The number of hydrogen-bond acceptors (Lipinski definition) is 0. The van der Waals surface area contributed by atoms with Gasteiger partial charge in [0, 0.05) is 0 Å². The van der Waals surface area contributed by atoms with Gasteiger partial charge in [0.15, 0.2) is 0 Å². The summed E-state index contributed by atoms with van der Waals surface area (Å²) in [5.74, 6) is 0. The van der Waals surface area contributed by atoms with Crippen molar-refractivity contribution in [2.24, 2.45) is 0 Å². The first kappa shape index (κ1) is 9.22. The van der Waals surface area contributed by atoms with E-state index < -0.39 is 0 Å². The van der Waals surface area contributed by atoms with Gasteiger partial charge in [0.1, 0.15) is 0 Å². The maximum atomic E-state index is 2.17. The molecule has 0 spiro atoms. The molecule has 0 heterocycles. The number of hydrogen-bond donors (Lipinski definition) is 0. The quantitative estimate of drug-likeness (QED) is 0.510. The third-order valence-electron chi connectivity index (χ3n) is 1.34. The van der Waals surface area contributed by atoms with Gasteiger partial charge < -0.3 is 0 Å². The van der Waals surface area contributed by atoms with E-state index in [2.05, 4.69) is 45.1 Å². The lowest BCUT2D eigenvalue weighted by atomic mass is 10.2. The average molecular weight is 136 g/mol. The minimum atomic E-state index is 1.30. The lowest BCUT2D eigenvalue weighted by Crippen LogP contribution is -1.70. The van der Waals surface area contributed by atoms with Crippen molar-refractivity contribution in [3.05, 3.63) is 35.5 Å². The summed E-state index contributed by atoms with van der Waals surface area (Å²) in [6, 6.07) is 0. The van der Waals surface area contributed by atoms with Crippen LogP contribution in [0.5, 0.6) is 0 Å². The number of rotatable bonds is 2. The van der Waals surface area contributed by atoms with E-state index in [0.717, 1.165) is 0 Å². The highest BCUT2D eigenvalue weighted by atomic mass is 13.9. The summed E-state index contributed by atoms with van der Waals surface area (Å²) >= 11 is 0. The Kier molecular flexibility index (Phi) is 4.65. The maximum Gasteiger partial charge on any atom is -0.0398 e. The van der Waals surface area contributed by atoms with Crippen molar-refractivity contribution in [2.75, 3.05) is 0 Å². The molecule has 0 unspecified atom stereocenters. The van der Waals surface area contributed by atoms with E-state index in [4.69, 9.17) is 0 Å². The molecule has 0 aliphatic carbocycles. The molecule has 0 aromatic rings. The van der Waals surface area contributed by atoms with Crippen molar-refractivity contribution in [3.63, 3.8) is 0 Å². The summed E-state index contributed by atoms with van der Waals surface area (Å²) in [5.41, 5.74) is 2.62. The molecule has 0 amide bonds. The molecule has 56 valence electrons. The second kappa shape index (κ2) is 5.04. The van der Waals surface area contributed by atoms with Crippen LogP contribution < -0.4 is 0 Å². The summed E-state index contributed by atoms with van der Waals surface area (Å²) in [7, 11) is 0. The molecule has 0 saturated heterocycles.